The van der Waals surface area contributed by atoms with Crippen LogP contribution in [0.3, 0.4) is 0 Å². The van der Waals surface area contributed by atoms with Crippen molar-refractivity contribution < 1.29 is 9.59 Å². The molecule has 0 amide bonds. The van der Waals surface area contributed by atoms with E-state index in [1.807, 2.05) is 72.8 Å². The molecule has 2 aliphatic rings. The molecule has 0 unspecified atom stereocenters. The molecule has 0 radical (unpaired) electrons. The first kappa shape index (κ1) is 26.5. The van der Waals surface area contributed by atoms with Crippen LogP contribution in [0.15, 0.2) is 121 Å². The Kier molecular flexibility index (Phi) is 5.55. The van der Waals surface area contributed by atoms with Crippen molar-refractivity contribution >= 4 is 22.3 Å². The number of carbonyl (C=O) groups is 2. The highest BCUT2D eigenvalue weighted by molar-refractivity contribution is 6.20. The first-order chi connectivity index (χ1) is 21.2. The van der Waals surface area contributed by atoms with Gasteiger partial charge in [0.05, 0.1) is 0 Å². The lowest BCUT2D eigenvalue weighted by atomic mass is 9.72. The Balaban J connectivity index is 1.33. The summed E-state index contributed by atoms with van der Waals surface area (Å²) in [6.45, 7) is 9.17. The Hall–Kier alpha value is -5.08. The van der Waals surface area contributed by atoms with Crippen LogP contribution in [0, 0.1) is 0 Å². The van der Waals surface area contributed by atoms with E-state index in [0.717, 1.165) is 16.3 Å². The molecule has 2 nitrogen and oxygen atoms in total. The molecule has 0 heterocycles. The van der Waals surface area contributed by atoms with Gasteiger partial charge in [0.15, 0.2) is 11.6 Å². The highest BCUT2D eigenvalue weighted by Crippen LogP contribution is 2.60. The molecule has 0 N–H and O–H groups in total. The number of fused-ring (bicyclic) bond motifs is 9. The molecule has 6 aromatic rings. The Morgan fingerprint density at radius 1 is 0.455 bits per heavy atom. The van der Waals surface area contributed by atoms with Crippen molar-refractivity contribution in [2.45, 2.75) is 38.5 Å². The van der Waals surface area contributed by atoms with Crippen LogP contribution >= 0.6 is 0 Å². The maximum Gasteiger partial charge on any atom is 0.193 e. The zero-order chi connectivity index (χ0) is 30.4. The van der Waals surface area contributed by atoms with Crippen molar-refractivity contribution in [1.29, 1.82) is 0 Å². The zero-order valence-corrected chi connectivity index (χ0v) is 25.4. The van der Waals surface area contributed by atoms with Crippen LogP contribution in [0.5, 0.6) is 0 Å². The van der Waals surface area contributed by atoms with Gasteiger partial charge in [0.25, 0.3) is 0 Å². The smallest absolute Gasteiger partial charge is 0.193 e. The average Bonchev–Trinajstić information content (AvgIpc) is 3.43. The molecule has 0 atom stereocenters. The summed E-state index contributed by atoms with van der Waals surface area (Å²) in [6.07, 6.45) is 0. The summed E-state index contributed by atoms with van der Waals surface area (Å²) in [5.74, 6) is 0.0881. The zero-order valence-electron chi connectivity index (χ0n) is 25.4. The first-order valence-electron chi connectivity index (χ1n) is 15.3. The summed E-state index contributed by atoms with van der Waals surface area (Å²) < 4.78 is 0. The van der Waals surface area contributed by atoms with Crippen molar-refractivity contribution in [1.82, 2.24) is 0 Å². The highest BCUT2D eigenvalue weighted by Gasteiger charge is 2.46. The maximum absolute atomic E-state index is 13.9. The van der Waals surface area contributed by atoms with Gasteiger partial charge in [0.2, 0.25) is 0 Å². The van der Waals surface area contributed by atoms with E-state index in [2.05, 4.69) is 76.2 Å². The molecule has 0 aromatic heterocycles. The SMILES string of the molecule is CC1(C)c2cc(C(=O)c3ccccc3)ccc2-c2ccc3c(c21)C(C)(C)c1cc(C(=O)c2ccccc2)c2ccccc2c1-3. The minimum Gasteiger partial charge on any atom is -0.289 e. The van der Waals surface area contributed by atoms with E-state index >= 15 is 0 Å². The second kappa shape index (κ2) is 9.21. The molecule has 212 valence electrons. The summed E-state index contributed by atoms with van der Waals surface area (Å²) in [5, 5.41) is 2.09. The van der Waals surface area contributed by atoms with E-state index in [9.17, 15) is 9.59 Å². The molecule has 0 aliphatic heterocycles. The molecule has 0 fully saturated rings. The fourth-order valence-electron chi connectivity index (χ4n) is 7.89. The molecule has 2 aliphatic carbocycles. The minimum absolute atomic E-state index is 0.0419. The van der Waals surface area contributed by atoms with E-state index in [1.54, 1.807) is 0 Å². The molecule has 0 saturated heterocycles. The quantitative estimate of drug-likeness (QED) is 0.198. The second-order valence-corrected chi connectivity index (χ2v) is 13.2. The van der Waals surface area contributed by atoms with E-state index < -0.39 is 0 Å². The summed E-state index contributed by atoms with van der Waals surface area (Å²) in [7, 11) is 0. The normalized spacial score (nSPS) is 14.9. The monoisotopic (exact) mass is 568 g/mol. The van der Waals surface area contributed by atoms with Crippen LogP contribution in [0.2, 0.25) is 0 Å². The first-order valence-corrected chi connectivity index (χ1v) is 15.3. The maximum atomic E-state index is 13.9. The highest BCUT2D eigenvalue weighted by atomic mass is 16.1. The number of hydrogen-bond donors (Lipinski definition) is 0. The van der Waals surface area contributed by atoms with Gasteiger partial charge in [-0.2, -0.15) is 0 Å². The van der Waals surface area contributed by atoms with Crippen LogP contribution in [0.25, 0.3) is 33.0 Å². The summed E-state index contributed by atoms with van der Waals surface area (Å²) in [5.41, 5.74) is 12.1. The van der Waals surface area contributed by atoms with Gasteiger partial charge < -0.3 is 0 Å². The fraction of sp³-hybridized carbons (Fsp3) is 0.143. The third kappa shape index (κ3) is 3.55. The number of hydrogen-bond acceptors (Lipinski definition) is 2. The molecule has 0 spiro atoms. The topological polar surface area (TPSA) is 34.1 Å². The van der Waals surface area contributed by atoms with Crippen molar-refractivity contribution in [3.05, 3.63) is 166 Å². The van der Waals surface area contributed by atoms with Crippen molar-refractivity contribution in [2.75, 3.05) is 0 Å². The fourth-order valence-corrected chi connectivity index (χ4v) is 7.89. The van der Waals surface area contributed by atoms with Gasteiger partial charge in [0, 0.05) is 33.1 Å². The predicted octanol–water partition coefficient (Wildman–Crippen LogP) is 9.91. The van der Waals surface area contributed by atoms with Crippen molar-refractivity contribution in [3.63, 3.8) is 0 Å². The summed E-state index contributed by atoms with van der Waals surface area (Å²) in [4.78, 5) is 27.4. The molecule has 2 heteroatoms. The lowest BCUT2D eigenvalue weighted by Crippen LogP contribution is -2.24. The van der Waals surface area contributed by atoms with Crippen LogP contribution in [-0.4, -0.2) is 11.6 Å². The predicted molar refractivity (Wildman–Crippen MR) is 179 cm³/mol. The molecular weight excluding hydrogens is 536 g/mol. The molecule has 0 bridgehead atoms. The number of benzene rings is 6. The lowest BCUT2D eigenvalue weighted by Gasteiger charge is -2.31. The van der Waals surface area contributed by atoms with Crippen molar-refractivity contribution in [3.8, 4) is 22.3 Å². The Bertz CT molecular complexity index is 2180. The van der Waals surface area contributed by atoms with Crippen LogP contribution in [-0.2, 0) is 10.8 Å². The van der Waals surface area contributed by atoms with E-state index in [0.29, 0.717) is 16.7 Å². The Morgan fingerprint density at radius 2 is 0.977 bits per heavy atom. The van der Waals surface area contributed by atoms with E-state index in [4.69, 9.17) is 0 Å². The van der Waals surface area contributed by atoms with Gasteiger partial charge >= 0.3 is 0 Å². The number of carbonyl (C=O) groups excluding carboxylic acids is 2. The average molecular weight is 569 g/mol. The molecule has 8 rings (SSSR count). The molecular formula is C42H32O2. The standard InChI is InChI=1S/C42H32O2/c1-41(2)34-23-27(39(43)25-13-7-5-8-14-25)19-20-29(34)31-21-22-32-36-30-18-12-11-17-28(30)33(40(44)26-15-9-6-10-16-26)24-35(36)42(3,4)38(32)37(31)41/h5-24H,1-4H3. The third-order valence-electron chi connectivity index (χ3n) is 10.0. The van der Waals surface area contributed by atoms with Gasteiger partial charge in [-0.3, -0.25) is 9.59 Å². The summed E-state index contributed by atoms with van der Waals surface area (Å²) >= 11 is 0. The second-order valence-electron chi connectivity index (χ2n) is 13.2. The molecule has 44 heavy (non-hydrogen) atoms. The van der Waals surface area contributed by atoms with Gasteiger partial charge in [-0.15, -0.1) is 0 Å². The van der Waals surface area contributed by atoms with Crippen LogP contribution in [0.1, 0.15) is 81.8 Å². The molecule has 0 saturated carbocycles. The van der Waals surface area contributed by atoms with E-state index in [-0.39, 0.29) is 22.4 Å². The lowest BCUT2D eigenvalue weighted by molar-refractivity contribution is 0.103. The van der Waals surface area contributed by atoms with Gasteiger partial charge in [-0.05, 0) is 67.4 Å². The molecule has 6 aromatic carbocycles. The van der Waals surface area contributed by atoms with Crippen LogP contribution < -0.4 is 0 Å². The number of rotatable bonds is 4. The minimum atomic E-state index is -0.340. The van der Waals surface area contributed by atoms with Gasteiger partial charge in [0.1, 0.15) is 0 Å². The van der Waals surface area contributed by atoms with Gasteiger partial charge in [-0.1, -0.05) is 137 Å². The van der Waals surface area contributed by atoms with Gasteiger partial charge in [-0.25, -0.2) is 0 Å². The largest absolute Gasteiger partial charge is 0.289 e. The third-order valence-corrected chi connectivity index (χ3v) is 10.0. The van der Waals surface area contributed by atoms with E-state index in [1.165, 1.54) is 44.5 Å². The van der Waals surface area contributed by atoms with Crippen molar-refractivity contribution in [2.24, 2.45) is 0 Å². The summed E-state index contributed by atoms with van der Waals surface area (Å²) in [6, 6.07) is 40.3. The Morgan fingerprint density at radius 3 is 1.66 bits per heavy atom. The van der Waals surface area contributed by atoms with Crippen LogP contribution in [0.4, 0.5) is 0 Å². The Labute approximate surface area is 258 Å². The number of ketones is 2.